The van der Waals surface area contributed by atoms with Gasteiger partial charge in [0.25, 0.3) is 0 Å². The van der Waals surface area contributed by atoms with Crippen molar-refractivity contribution in [3.8, 4) is 0 Å². The minimum absolute atomic E-state index is 0.540. The van der Waals surface area contributed by atoms with Crippen molar-refractivity contribution in [2.24, 2.45) is 11.3 Å². The molecule has 2 saturated carbocycles. The van der Waals surface area contributed by atoms with E-state index in [9.17, 15) is 0 Å². The van der Waals surface area contributed by atoms with E-state index in [1.54, 1.807) is 0 Å². The molecule has 0 aromatic rings. The fourth-order valence-electron chi connectivity index (χ4n) is 3.27. The van der Waals surface area contributed by atoms with Crippen LogP contribution >= 0.6 is 0 Å². The Kier molecular flexibility index (Phi) is 2.97. The first-order chi connectivity index (χ1) is 7.78. The lowest BCUT2D eigenvalue weighted by Gasteiger charge is -2.21. The topological polar surface area (TPSA) is 21.3 Å². The Labute approximate surface area is 99.1 Å². The van der Waals surface area contributed by atoms with Gasteiger partial charge in [-0.3, -0.25) is 0 Å². The monoisotopic (exact) mass is 223 g/mol. The summed E-state index contributed by atoms with van der Waals surface area (Å²) in [7, 11) is 0. The van der Waals surface area contributed by atoms with Gasteiger partial charge in [-0.15, -0.1) is 0 Å². The van der Waals surface area contributed by atoms with E-state index in [1.807, 2.05) is 0 Å². The molecule has 1 heterocycles. The third kappa shape index (κ3) is 2.43. The van der Waals surface area contributed by atoms with Crippen LogP contribution in [0.4, 0.5) is 0 Å². The predicted octanol–water partition coefficient (Wildman–Crippen LogP) is 2.72. The molecule has 0 radical (unpaired) electrons. The van der Waals surface area contributed by atoms with E-state index >= 15 is 0 Å². The van der Waals surface area contributed by atoms with Crippen LogP contribution in [0, 0.1) is 11.3 Å². The van der Waals surface area contributed by atoms with Crippen LogP contribution in [0.2, 0.25) is 0 Å². The van der Waals surface area contributed by atoms with Crippen LogP contribution in [-0.2, 0) is 4.74 Å². The lowest BCUT2D eigenvalue weighted by atomic mass is 9.99. The van der Waals surface area contributed by atoms with Crippen molar-refractivity contribution in [3.63, 3.8) is 0 Å². The Balaban J connectivity index is 1.37. The first-order valence-electron chi connectivity index (χ1n) is 7.13. The summed E-state index contributed by atoms with van der Waals surface area (Å²) in [6.45, 7) is 4.58. The average molecular weight is 223 g/mol. The van der Waals surface area contributed by atoms with Crippen LogP contribution in [0.1, 0.15) is 51.9 Å². The zero-order valence-corrected chi connectivity index (χ0v) is 10.5. The minimum atomic E-state index is 0.540. The third-order valence-electron chi connectivity index (χ3n) is 4.78. The molecule has 0 aromatic carbocycles. The van der Waals surface area contributed by atoms with Crippen molar-refractivity contribution in [1.82, 2.24) is 5.32 Å². The summed E-state index contributed by atoms with van der Waals surface area (Å²) in [6.07, 6.45) is 10.3. The third-order valence-corrected chi connectivity index (χ3v) is 4.78. The van der Waals surface area contributed by atoms with Crippen molar-refractivity contribution >= 4 is 0 Å². The lowest BCUT2D eigenvalue weighted by Crippen LogP contribution is -2.35. The first kappa shape index (κ1) is 11.0. The summed E-state index contributed by atoms with van der Waals surface area (Å²) >= 11 is 0. The smallest absolute Gasteiger partial charge is 0.0590 e. The molecule has 3 aliphatic rings. The normalized spacial score (nSPS) is 33.9. The maximum Gasteiger partial charge on any atom is 0.0590 e. The molecule has 2 atom stereocenters. The molecule has 0 aromatic heterocycles. The van der Waals surface area contributed by atoms with E-state index in [0.717, 1.165) is 17.9 Å². The molecule has 3 fully saturated rings. The number of ether oxygens (including phenoxy) is 1. The van der Waals surface area contributed by atoms with Gasteiger partial charge in [0.2, 0.25) is 0 Å². The second kappa shape index (κ2) is 4.30. The molecule has 3 rings (SSSR count). The highest BCUT2D eigenvalue weighted by Crippen LogP contribution is 2.60. The quantitative estimate of drug-likeness (QED) is 0.747. The molecule has 0 bridgehead atoms. The van der Waals surface area contributed by atoms with Gasteiger partial charge in [-0.25, -0.2) is 0 Å². The fraction of sp³-hybridized carbons (Fsp3) is 1.00. The van der Waals surface area contributed by atoms with Gasteiger partial charge in [-0.2, -0.15) is 0 Å². The molecule has 1 aliphatic heterocycles. The second-order valence-corrected chi connectivity index (χ2v) is 6.29. The Morgan fingerprint density at radius 2 is 2.12 bits per heavy atom. The lowest BCUT2D eigenvalue weighted by molar-refractivity contribution is 0.0955. The van der Waals surface area contributed by atoms with E-state index in [0.29, 0.717) is 12.1 Å². The molecule has 2 aliphatic carbocycles. The van der Waals surface area contributed by atoms with Crippen molar-refractivity contribution in [2.75, 3.05) is 13.2 Å². The molecule has 2 unspecified atom stereocenters. The van der Waals surface area contributed by atoms with Gasteiger partial charge in [-0.05, 0) is 63.2 Å². The van der Waals surface area contributed by atoms with Crippen molar-refractivity contribution in [2.45, 2.75) is 64.0 Å². The molecule has 0 amide bonds. The number of nitrogens with one attached hydrogen (secondary N) is 1. The molecule has 1 N–H and O–H groups in total. The van der Waals surface area contributed by atoms with Crippen LogP contribution in [0.25, 0.3) is 0 Å². The average Bonchev–Trinajstić information content (AvgIpc) is 3.16. The van der Waals surface area contributed by atoms with Crippen molar-refractivity contribution in [3.05, 3.63) is 0 Å². The highest BCUT2D eigenvalue weighted by atomic mass is 16.5. The molecular formula is C14H25NO. The van der Waals surface area contributed by atoms with E-state index in [1.165, 1.54) is 51.5 Å². The number of hydrogen-bond acceptors (Lipinski definition) is 2. The van der Waals surface area contributed by atoms with E-state index < -0.39 is 0 Å². The molecule has 92 valence electrons. The Bertz CT molecular complexity index is 239. The second-order valence-electron chi connectivity index (χ2n) is 6.29. The van der Waals surface area contributed by atoms with E-state index in [4.69, 9.17) is 4.74 Å². The molecular weight excluding hydrogens is 198 g/mol. The maximum atomic E-state index is 5.69. The highest BCUT2D eigenvalue weighted by Gasteiger charge is 2.53. The van der Waals surface area contributed by atoms with E-state index in [2.05, 4.69) is 12.2 Å². The van der Waals surface area contributed by atoms with Gasteiger partial charge in [0.1, 0.15) is 0 Å². The van der Waals surface area contributed by atoms with Crippen LogP contribution in [0.15, 0.2) is 0 Å². The van der Waals surface area contributed by atoms with Crippen LogP contribution in [0.3, 0.4) is 0 Å². The first-order valence-corrected chi connectivity index (χ1v) is 7.13. The Morgan fingerprint density at radius 1 is 1.31 bits per heavy atom. The van der Waals surface area contributed by atoms with Gasteiger partial charge in [-0.1, -0.05) is 0 Å². The van der Waals surface area contributed by atoms with Gasteiger partial charge >= 0.3 is 0 Å². The predicted molar refractivity (Wildman–Crippen MR) is 65.4 cm³/mol. The van der Waals surface area contributed by atoms with Gasteiger partial charge in [0.15, 0.2) is 0 Å². The SMILES string of the molecule is CC(CC1CCCO1)NCC1(C2CC2)CC1. The van der Waals surface area contributed by atoms with E-state index in [-0.39, 0.29) is 0 Å². The summed E-state index contributed by atoms with van der Waals surface area (Å²) in [5.41, 5.74) is 0.741. The standard InChI is InChI=1S/C14H25NO/c1-11(9-13-3-2-8-16-13)15-10-14(6-7-14)12-4-5-12/h11-13,15H,2-10H2,1H3. The van der Waals surface area contributed by atoms with Gasteiger partial charge < -0.3 is 10.1 Å². The van der Waals surface area contributed by atoms with Crippen molar-refractivity contribution in [1.29, 1.82) is 0 Å². The van der Waals surface area contributed by atoms with Crippen LogP contribution in [-0.4, -0.2) is 25.3 Å². The Morgan fingerprint density at radius 3 is 2.69 bits per heavy atom. The Hall–Kier alpha value is -0.0800. The number of hydrogen-bond donors (Lipinski definition) is 1. The minimum Gasteiger partial charge on any atom is -0.378 e. The summed E-state index contributed by atoms with van der Waals surface area (Å²) in [4.78, 5) is 0. The molecule has 0 spiro atoms. The molecule has 2 heteroatoms. The highest BCUT2D eigenvalue weighted by molar-refractivity contribution is 5.05. The molecule has 2 nitrogen and oxygen atoms in total. The maximum absolute atomic E-state index is 5.69. The van der Waals surface area contributed by atoms with Crippen LogP contribution < -0.4 is 5.32 Å². The summed E-state index contributed by atoms with van der Waals surface area (Å²) in [5, 5.41) is 3.75. The zero-order valence-electron chi connectivity index (χ0n) is 10.5. The zero-order chi connectivity index (χ0) is 11.0. The molecule has 16 heavy (non-hydrogen) atoms. The molecule has 1 saturated heterocycles. The van der Waals surface area contributed by atoms with Gasteiger partial charge in [0, 0.05) is 19.2 Å². The van der Waals surface area contributed by atoms with Gasteiger partial charge in [0.05, 0.1) is 6.10 Å². The summed E-state index contributed by atoms with van der Waals surface area (Å²) < 4.78 is 5.69. The fourth-order valence-corrected chi connectivity index (χ4v) is 3.27. The number of rotatable bonds is 6. The van der Waals surface area contributed by atoms with Crippen LogP contribution in [0.5, 0.6) is 0 Å². The van der Waals surface area contributed by atoms with Crippen molar-refractivity contribution < 1.29 is 4.74 Å². The summed E-state index contributed by atoms with van der Waals surface area (Å²) in [6, 6.07) is 0.638. The largest absolute Gasteiger partial charge is 0.378 e. The summed E-state index contributed by atoms with van der Waals surface area (Å²) in [5.74, 6) is 1.08.